The van der Waals surface area contributed by atoms with Crippen molar-refractivity contribution in [2.45, 2.75) is 51.2 Å². The molecule has 0 spiro atoms. The van der Waals surface area contributed by atoms with E-state index in [2.05, 4.69) is 13.8 Å². The maximum atomic E-state index is 11.7. The average Bonchev–Trinajstić information content (AvgIpc) is 2.26. The van der Waals surface area contributed by atoms with Crippen molar-refractivity contribution < 1.29 is 4.21 Å². The van der Waals surface area contributed by atoms with Crippen molar-refractivity contribution in [3.63, 3.8) is 0 Å². The van der Waals surface area contributed by atoms with Crippen LogP contribution in [0.25, 0.3) is 0 Å². The van der Waals surface area contributed by atoms with E-state index in [1.54, 1.807) is 0 Å². The summed E-state index contributed by atoms with van der Waals surface area (Å²) in [6.07, 6.45) is 6.10. The molecule has 0 saturated carbocycles. The summed E-state index contributed by atoms with van der Waals surface area (Å²) in [5.41, 5.74) is 0. The van der Waals surface area contributed by atoms with Crippen LogP contribution in [0.5, 0.6) is 0 Å². The van der Waals surface area contributed by atoms with Crippen molar-refractivity contribution in [2.24, 2.45) is 5.92 Å². The van der Waals surface area contributed by atoms with Crippen molar-refractivity contribution in [3.8, 4) is 0 Å². The van der Waals surface area contributed by atoms with Crippen LogP contribution in [0.1, 0.15) is 46.0 Å². The lowest BCUT2D eigenvalue weighted by Gasteiger charge is -2.11. The first-order valence-electron chi connectivity index (χ1n) is 5.15. The molecule has 1 aliphatic heterocycles. The molecular formula is C10H20OS. The minimum Gasteiger partial charge on any atom is -0.259 e. The van der Waals surface area contributed by atoms with Gasteiger partial charge in [0.1, 0.15) is 0 Å². The highest BCUT2D eigenvalue weighted by atomic mass is 32.2. The Morgan fingerprint density at radius 3 is 2.58 bits per heavy atom. The van der Waals surface area contributed by atoms with Crippen molar-refractivity contribution in [2.75, 3.05) is 5.75 Å². The molecule has 0 aromatic rings. The van der Waals surface area contributed by atoms with E-state index in [9.17, 15) is 4.21 Å². The molecule has 0 radical (unpaired) electrons. The number of rotatable bonds is 2. The first kappa shape index (κ1) is 10.2. The van der Waals surface area contributed by atoms with E-state index in [0.717, 1.165) is 18.1 Å². The van der Waals surface area contributed by atoms with Gasteiger partial charge in [0.15, 0.2) is 0 Å². The Bertz CT molecular complexity index is 156. The zero-order valence-corrected chi connectivity index (χ0v) is 9.03. The zero-order chi connectivity index (χ0) is 8.97. The van der Waals surface area contributed by atoms with Crippen LogP contribution in [0.3, 0.4) is 0 Å². The van der Waals surface area contributed by atoms with Crippen LogP contribution in [0, 0.1) is 5.92 Å². The van der Waals surface area contributed by atoms with E-state index in [0.29, 0.717) is 5.25 Å². The molecule has 1 saturated heterocycles. The first-order valence-corrected chi connectivity index (χ1v) is 6.53. The van der Waals surface area contributed by atoms with Gasteiger partial charge in [0, 0.05) is 21.8 Å². The molecule has 2 heteroatoms. The fourth-order valence-corrected chi connectivity index (χ4v) is 3.87. The number of hydrogen-bond donors (Lipinski definition) is 0. The highest BCUT2D eigenvalue weighted by Gasteiger charge is 2.22. The van der Waals surface area contributed by atoms with Gasteiger partial charge >= 0.3 is 0 Å². The van der Waals surface area contributed by atoms with Gasteiger partial charge in [0.05, 0.1) is 0 Å². The molecule has 0 aromatic heterocycles. The van der Waals surface area contributed by atoms with Crippen molar-refractivity contribution in [3.05, 3.63) is 0 Å². The van der Waals surface area contributed by atoms with Gasteiger partial charge in [-0.3, -0.25) is 4.21 Å². The van der Waals surface area contributed by atoms with E-state index in [4.69, 9.17) is 0 Å². The Morgan fingerprint density at radius 1 is 1.25 bits per heavy atom. The highest BCUT2D eigenvalue weighted by molar-refractivity contribution is 7.85. The van der Waals surface area contributed by atoms with E-state index >= 15 is 0 Å². The predicted octanol–water partition coefficient (Wildman–Crippen LogP) is 2.72. The molecule has 1 nitrogen and oxygen atoms in total. The van der Waals surface area contributed by atoms with E-state index in [-0.39, 0.29) is 0 Å². The Hall–Kier alpha value is 0.150. The zero-order valence-electron chi connectivity index (χ0n) is 8.21. The van der Waals surface area contributed by atoms with E-state index < -0.39 is 10.8 Å². The molecule has 12 heavy (non-hydrogen) atoms. The lowest BCUT2D eigenvalue weighted by molar-refractivity contribution is 0.500. The summed E-state index contributed by atoms with van der Waals surface area (Å²) in [5.74, 6) is 1.71. The molecule has 3 atom stereocenters. The molecule has 0 N–H and O–H groups in total. The third kappa shape index (κ3) is 2.58. The van der Waals surface area contributed by atoms with Gasteiger partial charge in [-0.2, -0.15) is 0 Å². The highest BCUT2D eigenvalue weighted by Crippen LogP contribution is 2.24. The smallest absolute Gasteiger partial charge is 0.0345 e. The monoisotopic (exact) mass is 188 g/mol. The summed E-state index contributed by atoms with van der Waals surface area (Å²) in [7, 11) is -0.525. The summed E-state index contributed by atoms with van der Waals surface area (Å²) in [6, 6.07) is 0. The molecule has 3 unspecified atom stereocenters. The van der Waals surface area contributed by atoms with Crippen molar-refractivity contribution in [1.82, 2.24) is 0 Å². The SMILES string of the molecule is CCC1CCCC(CC)S(=O)C1. The van der Waals surface area contributed by atoms with Crippen LogP contribution in [-0.4, -0.2) is 15.2 Å². The maximum Gasteiger partial charge on any atom is 0.0345 e. The van der Waals surface area contributed by atoms with Gasteiger partial charge in [-0.25, -0.2) is 0 Å². The molecule has 1 aliphatic rings. The van der Waals surface area contributed by atoms with Crippen molar-refractivity contribution in [1.29, 1.82) is 0 Å². The van der Waals surface area contributed by atoms with E-state index in [1.807, 2.05) is 0 Å². The third-order valence-electron chi connectivity index (χ3n) is 2.94. The molecule has 1 heterocycles. The van der Waals surface area contributed by atoms with E-state index in [1.165, 1.54) is 25.7 Å². The van der Waals surface area contributed by atoms with Gasteiger partial charge in [-0.15, -0.1) is 0 Å². The standard InChI is InChI=1S/C10H20OS/c1-3-9-6-5-7-10(4-2)12(11)8-9/h9-10H,3-8H2,1-2H3. The summed E-state index contributed by atoms with van der Waals surface area (Å²) in [5, 5.41) is 0.501. The Morgan fingerprint density at radius 2 is 2.00 bits per heavy atom. The van der Waals surface area contributed by atoms with Gasteiger partial charge in [0.2, 0.25) is 0 Å². The van der Waals surface area contributed by atoms with Crippen molar-refractivity contribution >= 4 is 10.8 Å². The van der Waals surface area contributed by atoms with Crippen LogP contribution in [-0.2, 0) is 10.8 Å². The van der Waals surface area contributed by atoms with Gasteiger partial charge < -0.3 is 0 Å². The molecule has 72 valence electrons. The van der Waals surface area contributed by atoms with Gasteiger partial charge in [0.25, 0.3) is 0 Å². The lowest BCUT2D eigenvalue weighted by Crippen LogP contribution is -2.17. The van der Waals surface area contributed by atoms with Crippen LogP contribution < -0.4 is 0 Å². The molecule has 1 fully saturated rings. The molecule has 0 aliphatic carbocycles. The molecular weight excluding hydrogens is 168 g/mol. The Kier molecular flexibility index (Phi) is 4.27. The molecule has 0 aromatic carbocycles. The second kappa shape index (κ2) is 5.00. The van der Waals surface area contributed by atoms with Gasteiger partial charge in [-0.05, 0) is 25.2 Å². The second-order valence-corrected chi connectivity index (χ2v) is 5.54. The maximum absolute atomic E-state index is 11.7. The summed E-state index contributed by atoms with van der Waals surface area (Å²) in [6.45, 7) is 4.38. The minimum absolute atomic E-state index is 0.501. The molecule has 0 bridgehead atoms. The predicted molar refractivity (Wildman–Crippen MR) is 54.7 cm³/mol. The quantitative estimate of drug-likeness (QED) is 0.651. The lowest BCUT2D eigenvalue weighted by atomic mass is 10.0. The summed E-state index contributed by atoms with van der Waals surface area (Å²) in [4.78, 5) is 0. The summed E-state index contributed by atoms with van der Waals surface area (Å²) < 4.78 is 11.7. The van der Waals surface area contributed by atoms with Crippen LogP contribution in [0.15, 0.2) is 0 Å². The largest absolute Gasteiger partial charge is 0.259 e. The fourth-order valence-electron chi connectivity index (χ4n) is 1.93. The van der Waals surface area contributed by atoms with Crippen LogP contribution in [0.2, 0.25) is 0 Å². The minimum atomic E-state index is -0.525. The number of hydrogen-bond acceptors (Lipinski definition) is 1. The Balaban J connectivity index is 2.50. The second-order valence-electron chi connectivity index (χ2n) is 3.78. The van der Waals surface area contributed by atoms with Gasteiger partial charge in [-0.1, -0.05) is 26.7 Å². The van der Waals surface area contributed by atoms with Crippen LogP contribution >= 0.6 is 0 Å². The fraction of sp³-hybridized carbons (Fsp3) is 1.00. The molecule has 0 amide bonds. The average molecular weight is 188 g/mol. The summed E-state index contributed by atoms with van der Waals surface area (Å²) >= 11 is 0. The molecule has 1 rings (SSSR count). The van der Waals surface area contributed by atoms with Crippen LogP contribution in [0.4, 0.5) is 0 Å². The first-order chi connectivity index (χ1) is 5.77. The normalized spacial score (nSPS) is 37.7. The topological polar surface area (TPSA) is 17.1 Å². The Labute approximate surface area is 78.4 Å². The third-order valence-corrected chi connectivity index (χ3v) is 5.06.